The molecular weight excluding hydrogens is 176 g/mol. The number of carbonyl (C=O) groups is 1. The number of urea groups is 1. The molecule has 0 saturated carbocycles. The highest BCUT2D eigenvalue weighted by molar-refractivity contribution is 5.90. The van der Waals surface area contributed by atoms with E-state index in [-0.39, 0.29) is 6.03 Å². The largest absolute Gasteiger partial charge is 0.323 e. The van der Waals surface area contributed by atoms with Crippen LogP contribution in [-0.4, -0.2) is 6.03 Å². The first-order valence-electron chi connectivity index (χ1n) is 4.39. The molecule has 0 fully saturated rings. The van der Waals surface area contributed by atoms with E-state index in [9.17, 15) is 4.79 Å². The van der Waals surface area contributed by atoms with E-state index >= 15 is 0 Å². The van der Waals surface area contributed by atoms with Crippen molar-refractivity contribution < 1.29 is 4.79 Å². The number of benzene rings is 1. The average Bonchev–Trinajstić information content (AvgIpc) is 2.10. The fraction of sp³-hybridized carbons (Fsp3) is 0.182. The van der Waals surface area contributed by atoms with Crippen molar-refractivity contribution in [3.05, 3.63) is 42.1 Å². The lowest BCUT2D eigenvalue weighted by Gasteiger charge is -2.08. The molecule has 0 heterocycles. The van der Waals surface area contributed by atoms with Crippen LogP contribution in [-0.2, 0) is 0 Å². The predicted molar refractivity (Wildman–Crippen MR) is 58.3 cm³/mol. The Morgan fingerprint density at radius 1 is 1.43 bits per heavy atom. The molecule has 0 aliphatic rings. The van der Waals surface area contributed by atoms with Gasteiger partial charge in [0.1, 0.15) is 0 Å². The Kier molecular flexibility index (Phi) is 3.29. The summed E-state index contributed by atoms with van der Waals surface area (Å²) in [6, 6.07) is 5.58. The van der Waals surface area contributed by atoms with E-state index in [2.05, 4.69) is 17.2 Å². The van der Waals surface area contributed by atoms with Gasteiger partial charge < -0.3 is 10.6 Å². The van der Waals surface area contributed by atoms with E-state index in [1.807, 2.05) is 32.0 Å². The van der Waals surface area contributed by atoms with Crippen LogP contribution in [0.15, 0.2) is 31.0 Å². The summed E-state index contributed by atoms with van der Waals surface area (Å²) in [5, 5.41) is 5.17. The normalized spacial score (nSPS) is 9.29. The lowest BCUT2D eigenvalue weighted by Crippen LogP contribution is -2.23. The van der Waals surface area contributed by atoms with Crippen molar-refractivity contribution in [2.45, 2.75) is 13.8 Å². The Balaban J connectivity index is 2.76. The minimum absolute atomic E-state index is 0.271. The number of hydrogen-bond acceptors (Lipinski definition) is 1. The molecular formula is C11H14N2O. The van der Waals surface area contributed by atoms with Crippen molar-refractivity contribution in [2.24, 2.45) is 0 Å². The average molecular weight is 190 g/mol. The molecule has 14 heavy (non-hydrogen) atoms. The van der Waals surface area contributed by atoms with E-state index in [0.717, 1.165) is 11.3 Å². The van der Waals surface area contributed by atoms with Crippen molar-refractivity contribution in [1.29, 1.82) is 0 Å². The quantitative estimate of drug-likeness (QED) is 0.739. The molecule has 3 heteroatoms. The van der Waals surface area contributed by atoms with Gasteiger partial charge in [-0.1, -0.05) is 24.3 Å². The van der Waals surface area contributed by atoms with Crippen LogP contribution in [0.1, 0.15) is 11.1 Å². The Labute approximate surface area is 83.8 Å². The third-order valence-corrected chi connectivity index (χ3v) is 1.86. The van der Waals surface area contributed by atoms with Crippen LogP contribution in [0.25, 0.3) is 0 Å². The number of anilines is 1. The van der Waals surface area contributed by atoms with Crippen LogP contribution in [0.4, 0.5) is 10.5 Å². The molecule has 0 aromatic heterocycles. The minimum atomic E-state index is -0.271. The highest BCUT2D eigenvalue weighted by atomic mass is 16.2. The van der Waals surface area contributed by atoms with Crippen molar-refractivity contribution in [3.63, 3.8) is 0 Å². The Hall–Kier alpha value is -1.77. The molecule has 0 radical (unpaired) electrons. The molecule has 0 saturated heterocycles. The fourth-order valence-corrected chi connectivity index (χ4v) is 1.20. The van der Waals surface area contributed by atoms with Crippen molar-refractivity contribution >= 4 is 11.7 Å². The zero-order valence-electron chi connectivity index (χ0n) is 8.42. The van der Waals surface area contributed by atoms with Gasteiger partial charge in [-0.15, -0.1) is 0 Å². The lowest BCUT2D eigenvalue weighted by atomic mass is 10.1. The lowest BCUT2D eigenvalue weighted by molar-refractivity contribution is 0.255. The molecule has 0 atom stereocenters. The van der Waals surface area contributed by atoms with Crippen LogP contribution in [0, 0.1) is 13.8 Å². The Morgan fingerprint density at radius 2 is 2.14 bits per heavy atom. The molecule has 0 bridgehead atoms. The molecule has 3 nitrogen and oxygen atoms in total. The van der Waals surface area contributed by atoms with Crippen LogP contribution < -0.4 is 10.6 Å². The topological polar surface area (TPSA) is 41.1 Å². The van der Waals surface area contributed by atoms with Gasteiger partial charge in [0.25, 0.3) is 0 Å². The number of hydrogen-bond donors (Lipinski definition) is 2. The first kappa shape index (κ1) is 10.3. The van der Waals surface area contributed by atoms with Gasteiger partial charge in [-0.05, 0) is 31.7 Å². The standard InChI is InChI=1S/C11H14N2O/c1-4-12-11(14)13-10-6-5-8(2)7-9(10)3/h4-7H,1H2,2-3H3,(H2,12,13,14). The highest BCUT2D eigenvalue weighted by Crippen LogP contribution is 2.15. The van der Waals surface area contributed by atoms with E-state index in [0.29, 0.717) is 0 Å². The maximum Gasteiger partial charge on any atom is 0.323 e. The zero-order valence-corrected chi connectivity index (χ0v) is 8.42. The number of aryl methyl sites for hydroxylation is 2. The molecule has 0 aliphatic carbocycles. The number of rotatable bonds is 2. The van der Waals surface area contributed by atoms with Gasteiger partial charge in [0.05, 0.1) is 0 Å². The summed E-state index contributed by atoms with van der Waals surface area (Å²) < 4.78 is 0. The first-order chi connectivity index (χ1) is 6.63. The molecule has 0 unspecified atom stereocenters. The maximum atomic E-state index is 11.2. The number of amides is 2. The van der Waals surface area contributed by atoms with Crippen molar-refractivity contribution in [1.82, 2.24) is 5.32 Å². The zero-order chi connectivity index (χ0) is 10.6. The van der Waals surface area contributed by atoms with Gasteiger partial charge in [0.2, 0.25) is 0 Å². The van der Waals surface area contributed by atoms with Gasteiger partial charge in [-0.3, -0.25) is 0 Å². The van der Waals surface area contributed by atoms with Crippen molar-refractivity contribution in [3.8, 4) is 0 Å². The van der Waals surface area contributed by atoms with E-state index in [4.69, 9.17) is 0 Å². The summed E-state index contributed by atoms with van der Waals surface area (Å²) in [6.45, 7) is 7.38. The van der Waals surface area contributed by atoms with E-state index < -0.39 is 0 Å². The SMILES string of the molecule is C=CNC(=O)Nc1ccc(C)cc1C. The smallest absolute Gasteiger partial charge is 0.315 e. The van der Waals surface area contributed by atoms with Gasteiger partial charge in [-0.2, -0.15) is 0 Å². The fourth-order valence-electron chi connectivity index (χ4n) is 1.20. The molecule has 0 aliphatic heterocycles. The second kappa shape index (κ2) is 4.46. The summed E-state index contributed by atoms with van der Waals surface area (Å²) in [5.74, 6) is 0. The van der Waals surface area contributed by atoms with Crippen LogP contribution >= 0.6 is 0 Å². The predicted octanol–water partition coefficient (Wildman–Crippen LogP) is 2.57. The second-order valence-electron chi connectivity index (χ2n) is 3.12. The van der Waals surface area contributed by atoms with Gasteiger partial charge in [0.15, 0.2) is 0 Å². The molecule has 2 N–H and O–H groups in total. The molecule has 1 aromatic rings. The molecule has 0 spiro atoms. The third kappa shape index (κ3) is 2.62. The summed E-state index contributed by atoms with van der Waals surface area (Å²) in [5.41, 5.74) is 3.04. The first-order valence-corrected chi connectivity index (χ1v) is 4.39. The monoisotopic (exact) mass is 190 g/mol. The van der Waals surface area contributed by atoms with Crippen LogP contribution in [0.2, 0.25) is 0 Å². The van der Waals surface area contributed by atoms with Crippen molar-refractivity contribution in [2.75, 3.05) is 5.32 Å². The Bertz CT molecular complexity index is 358. The summed E-state index contributed by atoms with van der Waals surface area (Å²) >= 11 is 0. The molecule has 74 valence electrons. The maximum absolute atomic E-state index is 11.2. The second-order valence-corrected chi connectivity index (χ2v) is 3.12. The highest BCUT2D eigenvalue weighted by Gasteiger charge is 2.01. The van der Waals surface area contributed by atoms with Gasteiger partial charge in [0, 0.05) is 5.69 Å². The molecule has 1 aromatic carbocycles. The third-order valence-electron chi connectivity index (χ3n) is 1.86. The summed E-state index contributed by atoms with van der Waals surface area (Å²) in [7, 11) is 0. The van der Waals surface area contributed by atoms with Gasteiger partial charge >= 0.3 is 6.03 Å². The van der Waals surface area contributed by atoms with E-state index in [1.165, 1.54) is 11.8 Å². The van der Waals surface area contributed by atoms with Crippen LogP contribution in [0.3, 0.4) is 0 Å². The molecule has 1 rings (SSSR count). The van der Waals surface area contributed by atoms with Crippen LogP contribution in [0.5, 0.6) is 0 Å². The number of carbonyl (C=O) groups excluding carboxylic acids is 1. The Morgan fingerprint density at radius 3 is 2.71 bits per heavy atom. The molecule has 2 amide bonds. The number of nitrogens with one attached hydrogen (secondary N) is 2. The summed E-state index contributed by atoms with van der Waals surface area (Å²) in [6.07, 6.45) is 1.35. The van der Waals surface area contributed by atoms with Gasteiger partial charge in [-0.25, -0.2) is 4.79 Å². The minimum Gasteiger partial charge on any atom is -0.315 e. The van der Waals surface area contributed by atoms with E-state index in [1.54, 1.807) is 0 Å². The summed E-state index contributed by atoms with van der Waals surface area (Å²) in [4.78, 5) is 11.2.